The minimum absolute atomic E-state index is 0.242. The zero-order valence-electron chi connectivity index (χ0n) is 19.2. The van der Waals surface area contributed by atoms with E-state index in [1.54, 1.807) is 0 Å². The Labute approximate surface area is 225 Å². The smallest absolute Gasteiger partial charge is 0.397 e. The van der Waals surface area contributed by atoms with E-state index < -0.39 is 95.3 Å². The van der Waals surface area contributed by atoms with Crippen molar-refractivity contribution in [2.24, 2.45) is 10.2 Å². The lowest BCUT2D eigenvalue weighted by Crippen LogP contribution is -2.15. The van der Waals surface area contributed by atoms with E-state index in [0.717, 1.165) is 30.3 Å². The lowest BCUT2D eigenvalue weighted by Gasteiger charge is -2.11. The molecule has 0 unspecified atom stereocenters. The highest BCUT2D eigenvalue weighted by Crippen LogP contribution is 2.42. The molecule has 3 aromatic rings. The Kier molecular flexibility index (Phi) is 8.29. The van der Waals surface area contributed by atoms with E-state index in [4.69, 9.17) is 4.55 Å². The number of benzene rings is 3. The van der Waals surface area contributed by atoms with Gasteiger partial charge in [-0.1, -0.05) is 0 Å². The molecule has 0 heterocycles. The van der Waals surface area contributed by atoms with Crippen LogP contribution in [-0.2, 0) is 44.7 Å². The van der Waals surface area contributed by atoms with Crippen LogP contribution in [-0.4, -0.2) is 69.7 Å². The van der Waals surface area contributed by atoms with Crippen LogP contribution >= 0.6 is 0 Å². The second-order valence-corrected chi connectivity index (χ2v) is 13.6. The molecule has 0 fully saturated rings. The number of nitrogens with zero attached hydrogens (tertiary/aromatic N) is 3. The molecule has 0 spiro atoms. The second-order valence-electron chi connectivity index (χ2n) is 7.58. The number of nitro groups is 1. The van der Waals surface area contributed by atoms with Crippen molar-refractivity contribution in [1.82, 2.24) is 0 Å². The summed E-state index contributed by atoms with van der Waals surface area (Å²) < 4.78 is 125. The summed E-state index contributed by atoms with van der Waals surface area (Å²) in [5.74, 6) is -1.92. The zero-order chi connectivity index (χ0) is 30.3. The van der Waals surface area contributed by atoms with Gasteiger partial charge in [-0.2, -0.15) is 25.3 Å². The third-order valence-corrected chi connectivity index (χ3v) is 8.82. The molecule has 0 aliphatic heterocycles. The number of nitro benzene ring substituents is 1. The number of azo groups is 1. The molecule has 22 heteroatoms. The quantitative estimate of drug-likeness (QED) is 0.106. The molecule has 0 aliphatic carbocycles. The second kappa shape index (κ2) is 10.7. The number of hydrogen-bond donors (Lipinski definition) is 4. The van der Waals surface area contributed by atoms with Crippen molar-refractivity contribution in [2.75, 3.05) is 12.4 Å². The van der Waals surface area contributed by atoms with Gasteiger partial charge in [0.25, 0.3) is 25.9 Å². The summed E-state index contributed by atoms with van der Waals surface area (Å²) in [6, 6.07) is 5.45. The van der Waals surface area contributed by atoms with Gasteiger partial charge in [0.1, 0.15) is 21.2 Å². The fraction of sp³-hybridized carbons (Fsp3) is 0.111. The highest BCUT2D eigenvalue weighted by atomic mass is 32.3. The van der Waals surface area contributed by atoms with Crippen LogP contribution in [0.1, 0.15) is 0 Å². The molecular weight excluding hydrogens is 626 g/mol. The summed E-state index contributed by atoms with van der Waals surface area (Å²) in [5.41, 5.74) is -2.43. The average molecular weight is 642 g/mol. The van der Waals surface area contributed by atoms with Crippen molar-refractivity contribution in [3.63, 3.8) is 0 Å². The maximum atomic E-state index is 12.5. The lowest BCUT2D eigenvalue weighted by atomic mass is 10.1. The lowest BCUT2D eigenvalue weighted by molar-refractivity contribution is -0.385. The SMILES string of the molecule is O=[N+]([O-])c1ccc(/N=N/c2c(S(=O)(=O)O)cc3cc(S(=O)(=O)CCOS(=O)(=O)O)ccc3c2O)c(S(=O)(=O)O)c1. The van der Waals surface area contributed by atoms with Crippen LogP contribution in [0.2, 0.25) is 0 Å². The fourth-order valence-electron chi connectivity index (χ4n) is 3.19. The van der Waals surface area contributed by atoms with Crippen molar-refractivity contribution in [1.29, 1.82) is 0 Å². The predicted octanol–water partition coefficient (Wildman–Crippen LogP) is 1.96. The Balaban J connectivity index is 2.17. The molecule has 0 atom stereocenters. The minimum Gasteiger partial charge on any atom is -0.505 e. The van der Waals surface area contributed by atoms with E-state index in [2.05, 4.69) is 14.4 Å². The molecule has 18 nitrogen and oxygen atoms in total. The number of non-ortho nitro benzene ring substituents is 1. The molecule has 0 aromatic heterocycles. The topological polar surface area (TPSA) is 295 Å². The van der Waals surface area contributed by atoms with Gasteiger partial charge in [0.15, 0.2) is 15.6 Å². The van der Waals surface area contributed by atoms with Crippen LogP contribution in [0.15, 0.2) is 67.4 Å². The van der Waals surface area contributed by atoms with Crippen LogP contribution in [0.3, 0.4) is 0 Å². The van der Waals surface area contributed by atoms with Gasteiger partial charge in [0, 0.05) is 17.5 Å². The highest BCUT2D eigenvalue weighted by Gasteiger charge is 2.25. The first-order valence-electron chi connectivity index (χ1n) is 10.0. The Bertz CT molecular complexity index is 2000. The Morgan fingerprint density at radius 1 is 0.825 bits per heavy atom. The van der Waals surface area contributed by atoms with Crippen LogP contribution in [0.5, 0.6) is 5.75 Å². The maximum Gasteiger partial charge on any atom is 0.397 e. The molecule has 3 rings (SSSR count). The van der Waals surface area contributed by atoms with Gasteiger partial charge in [-0.05, 0) is 35.7 Å². The number of hydrogen-bond acceptors (Lipinski definition) is 14. The third-order valence-electron chi connectivity index (χ3n) is 4.93. The third kappa shape index (κ3) is 7.11. The first kappa shape index (κ1) is 30.9. The van der Waals surface area contributed by atoms with Crippen molar-refractivity contribution in [3.05, 3.63) is 52.6 Å². The largest absolute Gasteiger partial charge is 0.505 e. The van der Waals surface area contributed by atoms with Crippen molar-refractivity contribution in [2.45, 2.75) is 14.7 Å². The number of phenolic OH excluding ortho intramolecular Hbond substituents is 1. The van der Waals surface area contributed by atoms with Gasteiger partial charge in [-0.3, -0.25) is 23.8 Å². The normalized spacial score (nSPS) is 13.2. The summed E-state index contributed by atoms with van der Waals surface area (Å²) in [6.45, 7) is -0.964. The van der Waals surface area contributed by atoms with Gasteiger partial charge in [0.05, 0.1) is 22.2 Å². The van der Waals surface area contributed by atoms with E-state index in [1.165, 1.54) is 0 Å². The number of sulfone groups is 1. The molecule has 40 heavy (non-hydrogen) atoms. The summed E-state index contributed by atoms with van der Waals surface area (Å²) in [4.78, 5) is 7.25. The van der Waals surface area contributed by atoms with E-state index in [9.17, 15) is 58.0 Å². The van der Waals surface area contributed by atoms with Gasteiger partial charge in [-0.25, -0.2) is 12.6 Å². The van der Waals surface area contributed by atoms with Crippen LogP contribution < -0.4 is 0 Å². The van der Waals surface area contributed by atoms with Crippen LogP contribution in [0, 0.1) is 10.1 Å². The standard InChI is InChI=1S/C18H15N3O15S4/c22-18-13-3-2-12(37(25,26)6-5-36-40(33,34)35)7-10(13)8-16(39(30,31)32)17(18)20-19-14-4-1-11(21(23)24)9-15(14)38(27,28)29/h1-4,7-9,22H,5-6H2,(H,27,28,29)(H,30,31,32)(H,33,34,35)/b20-19+. The summed E-state index contributed by atoms with van der Waals surface area (Å²) in [7, 11) is -19.5. The van der Waals surface area contributed by atoms with Crippen molar-refractivity contribution >= 4 is 68.3 Å². The minimum atomic E-state index is -5.22. The van der Waals surface area contributed by atoms with E-state index in [0.29, 0.717) is 12.1 Å². The number of aromatic hydroxyl groups is 1. The van der Waals surface area contributed by atoms with E-state index in [-0.39, 0.29) is 10.8 Å². The Morgan fingerprint density at radius 2 is 1.45 bits per heavy atom. The summed E-state index contributed by atoms with van der Waals surface area (Å²) in [6.07, 6.45) is 0. The Morgan fingerprint density at radius 3 is 2.00 bits per heavy atom. The molecule has 216 valence electrons. The summed E-state index contributed by atoms with van der Waals surface area (Å²) in [5, 5.41) is 28.0. The highest BCUT2D eigenvalue weighted by molar-refractivity contribution is 7.91. The van der Waals surface area contributed by atoms with Crippen molar-refractivity contribution < 1.29 is 61.5 Å². The zero-order valence-corrected chi connectivity index (χ0v) is 22.5. The number of phenols is 1. The maximum absolute atomic E-state index is 12.5. The number of fused-ring (bicyclic) bond motifs is 1. The van der Waals surface area contributed by atoms with Crippen LogP contribution in [0.4, 0.5) is 17.1 Å². The molecule has 0 saturated carbocycles. The van der Waals surface area contributed by atoms with E-state index >= 15 is 0 Å². The van der Waals surface area contributed by atoms with Crippen molar-refractivity contribution in [3.8, 4) is 5.75 Å². The molecule has 0 bridgehead atoms. The average Bonchev–Trinajstić information content (AvgIpc) is 2.80. The molecular formula is C18H15N3O15S4. The first-order chi connectivity index (χ1) is 18.2. The predicted molar refractivity (Wildman–Crippen MR) is 132 cm³/mol. The van der Waals surface area contributed by atoms with Gasteiger partial charge >= 0.3 is 10.4 Å². The molecule has 0 saturated heterocycles. The first-order valence-corrected chi connectivity index (χ1v) is 15.9. The monoisotopic (exact) mass is 641 g/mol. The fourth-order valence-corrected chi connectivity index (χ4v) is 6.01. The number of rotatable bonds is 10. The molecule has 3 aromatic carbocycles. The molecule has 4 N–H and O–H groups in total. The van der Waals surface area contributed by atoms with Gasteiger partial charge in [0.2, 0.25) is 0 Å². The van der Waals surface area contributed by atoms with Gasteiger partial charge in [-0.15, -0.1) is 10.2 Å². The van der Waals surface area contributed by atoms with E-state index in [1.807, 2.05) is 0 Å². The van der Waals surface area contributed by atoms with Gasteiger partial charge < -0.3 is 5.11 Å². The Hall–Kier alpha value is -3.64. The molecule has 0 amide bonds. The van der Waals surface area contributed by atoms with Crippen LogP contribution in [0.25, 0.3) is 10.8 Å². The molecule has 0 aliphatic rings. The molecule has 0 radical (unpaired) electrons. The summed E-state index contributed by atoms with van der Waals surface area (Å²) >= 11 is 0.